The molecule has 1 aliphatic heterocycles. The van der Waals surface area contributed by atoms with E-state index in [0.717, 1.165) is 38.6 Å². The highest BCUT2D eigenvalue weighted by molar-refractivity contribution is 5.74. The van der Waals surface area contributed by atoms with Gasteiger partial charge in [-0.15, -0.1) is 0 Å². The number of hydrogen-bond acceptors (Lipinski definition) is 7. The van der Waals surface area contributed by atoms with Crippen LogP contribution in [0.25, 0.3) is 0 Å². The number of nitrogens with two attached hydrogens (primary N) is 2. The van der Waals surface area contributed by atoms with Gasteiger partial charge in [0, 0.05) is 12.6 Å². The van der Waals surface area contributed by atoms with Crippen molar-refractivity contribution in [2.24, 2.45) is 11.5 Å². The second-order valence-corrected chi connectivity index (χ2v) is 8.33. The van der Waals surface area contributed by atoms with Gasteiger partial charge in [0.05, 0.1) is 0 Å². The molecule has 0 unspecified atom stereocenters. The fraction of sp³-hybridized carbons (Fsp3) is 0.810. The third-order valence-corrected chi connectivity index (χ3v) is 5.39. The fourth-order valence-corrected chi connectivity index (χ4v) is 3.43. The summed E-state index contributed by atoms with van der Waals surface area (Å²) in [4.78, 5) is 31.0. The summed E-state index contributed by atoms with van der Waals surface area (Å²) in [7, 11) is 0. The Labute approximate surface area is 195 Å². The van der Waals surface area contributed by atoms with E-state index in [-0.39, 0.29) is 12.0 Å². The molecule has 0 aromatic carbocycles. The van der Waals surface area contributed by atoms with Gasteiger partial charge >= 0.3 is 17.9 Å². The summed E-state index contributed by atoms with van der Waals surface area (Å²) < 4.78 is 0. The monoisotopic (exact) mass is 474 g/mol. The molecule has 0 aromatic rings. The topological polar surface area (TPSA) is 224 Å². The van der Waals surface area contributed by atoms with Crippen molar-refractivity contribution in [3.63, 3.8) is 0 Å². The number of nitrogens with one attached hydrogen (secondary N) is 4. The van der Waals surface area contributed by atoms with Crippen molar-refractivity contribution in [2.45, 2.75) is 95.3 Å². The predicted octanol–water partition coefficient (Wildman–Crippen LogP) is 0.256. The minimum atomic E-state index is -1.00. The highest BCUT2D eigenvalue weighted by atomic mass is 16.4. The Kier molecular flexibility index (Phi) is 16.7. The quantitative estimate of drug-likeness (QED) is 0.125. The first kappa shape index (κ1) is 30.6. The van der Waals surface area contributed by atoms with Crippen LogP contribution in [0.15, 0.2) is 0 Å². The molecule has 192 valence electrons. The summed E-state index contributed by atoms with van der Waals surface area (Å²) in [5.41, 5.74) is 10.2. The van der Waals surface area contributed by atoms with Crippen LogP contribution in [0.2, 0.25) is 0 Å². The molecule has 1 aliphatic carbocycles. The van der Waals surface area contributed by atoms with Crippen molar-refractivity contribution in [1.82, 2.24) is 16.0 Å². The highest BCUT2D eigenvalue weighted by Gasteiger charge is 2.19. The van der Waals surface area contributed by atoms with Crippen molar-refractivity contribution in [2.75, 3.05) is 13.1 Å². The van der Waals surface area contributed by atoms with Gasteiger partial charge in [0.1, 0.15) is 18.1 Å². The standard InChI is InChI=1S/C9H17NO2.C6H14N4O2.C6H11NO2/c1-7(9(11)12)10-8-5-3-2-4-6-8;7-4(5(11)12)2-1-3-10-6(8)9;8-6(9)5-3-1-2-4-7-5/h7-8,10H,2-6H2,1H3,(H,11,12);4H,1-3,7H2,(H,11,12)(H4,8,9,10);5,7H,1-4H2,(H,8,9)/t7-;4-;5-/m000/s1. The highest BCUT2D eigenvalue weighted by Crippen LogP contribution is 2.17. The Morgan fingerprint density at radius 1 is 1.03 bits per heavy atom. The van der Waals surface area contributed by atoms with Crippen LogP contribution in [0, 0.1) is 5.41 Å². The number of guanidine groups is 1. The largest absolute Gasteiger partial charge is 0.480 e. The Morgan fingerprint density at radius 3 is 2.06 bits per heavy atom. The first-order chi connectivity index (χ1) is 15.5. The average molecular weight is 475 g/mol. The Bertz CT molecular complexity index is 594. The van der Waals surface area contributed by atoms with E-state index in [9.17, 15) is 14.4 Å². The van der Waals surface area contributed by atoms with Crippen LogP contribution in [-0.4, -0.2) is 76.4 Å². The van der Waals surface area contributed by atoms with Gasteiger partial charge in [0.2, 0.25) is 0 Å². The molecule has 0 bridgehead atoms. The fourth-order valence-electron chi connectivity index (χ4n) is 3.43. The number of carboxylic acid groups (broad SMARTS) is 3. The molecule has 11 N–H and O–H groups in total. The van der Waals surface area contributed by atoms with Gasteiger partial charge in [-0.3, -0.25) is 19.8 Å². The van der Waals surface area contributed by atoms with Crippen LogP contribution < -0.4 is 27.4 Å². The van der Waals surface area contributed by atoms with E-state index >= 15 is 0 Å². The lowest BCUT2D eigenvalue weighted by Crippen LogP contribution is -2.42. The maximum Gasteiger partial charge on any atom is 0.320 e. The lowest BCUT2D eigenvalue weighted by molar-refractivity contribution is -0.140. The molecule has 2 rings (SSSR count). The Hall–Kier alpha value is -2.44. The van der Waals surface area contributed by atoms with Crippen molar-refractivity contribution < 1.29 is 29.7 Å². The number of rotatable bonds is 9. The van der Waals surface area contributed by atoms with Gasteiger partial charge in [-0.2, -0.15) is 0 Å². The van der Waals surface area contributed by atoms with Gasteiger partial charge in [-0.05, 0) is 52.0 Å². The van der Waals surface area contributed by atoms with E-state index in [1.54, 1.807) is 6.92 Å². The van der Waals surface area contributed by atoms with Gasteiger partial charge in [0.25, 0.3) is 0 Å². The van der Waals surface area contributed by atoms with E-state index in [4.69, 9.17) is 32.2 Å². The van der Waals surface area contributed by atoms with Crippen molar-refractivity contribution in [3.05, 3.63) is 0 Å². The molecule has 1 saturated heterocycles. The summed E-state index contributed by atoms with van der Waals surface area (Å²) in [5, 5.41) is 40.9. The van der Waals surface area contributed by atoms with E-state index in [0.29, 0.717) is 25.4 Å². The first-order valence-corrected chi connectivity index (χ1v) is 11.6. The molecular weight excluding hydrogens is 432 g/mol. The normalized spacial score (nSPS) is 20.0. The number of hydrogen-bond donors (Lipinski definition) is 9. The van der Waals surface area contributed by atoms with Crippen LogP contribution in [0.1, 0.15) is 71.1 Å². The molecule has 3 atom stereocenters. The van der Waals surface area contributed by atoms with Crippen LogP contribution in [0.4, 0.5) is 0 Å². The van der Waals surface area contributed by atoms with Crippen LogP contribution in [-0.2, 0) is 14.4 Å². The van der Waals surface area contributed by atoms with Crippen LogP contribution >= 0.6 is 0 Å². The Morgan fingerprint density at radius 2 is 1.64 bits per heavy atom. The summed E-state index contributed by atoms with van der Waals surface area (Å²) in [6.07, 6.45) is 9.98. The van der Waals surface area contributed by atoms with Crippen LogP contribution in [0.3, 0.4) is 0 Å². The summed E-state index contributed by atoms with van der Waals surface area (Å²) in [6.45, 7) is 3.05. The molecule has 12 heteroatoms. The van der Waals surface area contributed by atoms with E-state index < -0.39 is 30.0 Å². The summed E-state index contributed by atoms with van der Waals surface area (Å²) in [6, 6.07) is -1.06. The van der Waals surface area contributed by atoms with Crippen molar-refractivity contribution in [3.8, 4) is 0 Å². The minimum absolute atomic E-state index is 0.112. The van der Waals surface area contributed by atoms with Crippen molar-refractivity contribution >= 4 is 23.9 Å². The maximum absolute atomic E-state index is 10.5. The third kappa shape index (κ3) is 16.8. The van der Waals surface area contributed by atoms with Gasteiger partial charge in [-0.1, -0.05) is 25.7 Å². The molecule has 1 heterocycles. The number of carboxylic acids is 3. The Balaban J connectivity index is 0.000000470. The molecule has 12 nitrogen and oxygen atoms in total. The summed E-state index contributed by atoms with van der Waals surface area (Å²) >= 11 is 0. The number of piperidine rings is 1. The lowest BCUT2D eigenvalue weighted by atomic mass is 9.95. The third-order valence-electron chi connectivity index (χ3n) is 5.39. The molecule has 1 saturated carbocycles. The second kappa shape index (κ2) is 18.0. The molecular formula is C21H42N6O6. The number of carbonyl (C=O) groups is 3. The van der Waals surface area contributed by atoms with Gasteiger partial charge in [-0.25, -0.2) is 0 Å². The molecule has 0 aromatic heterocycles. The minimum Gasteiger partial charge on any atom is -0.480 e. The van der Waals surface area contributed by atoms with Crippen LogP contribution in [0.5, 0.6) is 0 Å². The van der Waals surface area contributed by atoms with E-state index in [1.165, 1.54) is 19.3 Å². The SMILES string of the molecule is C[C@H](NC1CCCCC1)C(=O)O.N=C(N)NCCC[C@H](N)C(=O)O.O=C(O)[C@@H]1CCCCN1. The predicted molar refractivity (Wildman–Crippen MR) is 125 cm³/mol. The molecule has 2 aliphatic rings. The molecule has 0 radical (unpaired) electrons. The number of aliphatic carboxylic acids is 3. The molecule has 0 spiro atoms. The lowest BCUT2D eigenvalue weighted by Gasteiger charge is -2.24. The molecule has 2 fully saturated rings. The van der Waals surface area contributed by atoms with Crippen molar-refractivity contribution in [1.29, 1.82) is 5.41 Å². The zero-order chi connectivity index (χ0) is 25.2. The van der Waals surface area contributed by atoms with Gasteiger partial charge in [0.15, 0.2) is 5.96 Å². The molecule has 33 heavy (non-hydrogen) atoms. The molecule has 0 amide bonds. The zero-order valence-corrected chi connectivity index (χ0v) is 19.5. The van der Waals surface area contributed by atoms with E-state index in [1.807, 2.05) is 0 Å². The second-order valence-electron chi connectivity index (χ2n) is 8.33. The summed E-state index contributed by atoms with van der Waals surface area (Å²) in [5.74, 6) is -2.58. The zero-order valence-electron chi connectivity index (χ0n) is 19.5. The van der Waals surface area contributed by atoms with E-state index in [2.05, 4.69) is 16.0 Å². The van der Waals surface area contributed by atoms with Gasteiger partial charge < -0.3 is 42.7 Å². The first-order valence-electron chi connectivity index (χ1n) is 11.6. The average Bonchev–Trinajstić information content (AvgIpc) is 2.78. The smallest absolute Gasteiger partial charge is 0.320 e. The maximum atomic E-state index is 10.5.